The number of nitrogens with zero attached hydrogens (tertiary/aromatic N) is 5. The number of piperidine rings is 1. The standard InChI is InChI=1S/C27H31ClFN5O2/c1-3-4-9-33-18-6-7-19(33)12-20(11-18)36-25-10-17(29)5-8-21(25)27(35)32-14-22-24(15-32)31-34-16(2)23(28)13-30-26(22)34/h5,8,10,13,18-20H,3-4,6-7,9,11-12,14-15H2,1-2H3. The van der Waals surface area contributed by atoms with Gasteiger partial charge in [-0.25, -0.2) is 13.9 Å². The predicted octanol–water partition coefficient (Wildman–Crippen LogP) is 5.16. The first-order valence-corrected chi connectivity index (χ1v) is 13.3. The van der Waals surface area contributed by atoms with Gasteiger partial charge in [0.05, 0.1) is 35.1 Å². The molecule has 0 saturated carbocycles. The molecule has 2 unspecified atom stereocenters. The molecule has 0 spiro atoms. The zero-order chi connectivity index (χ0) is 25.0. The van der Waals surface area contributed by atoms with Crippen LogP contribution in [0, 0.1) is 12.7 Å². The van der Waals surface area contributed by atoms with Gasteiger partial charge >= 0.3 is 0 Å². The smallest absolute Gasteiger partial charge is 0.258 e. The maximum Gasteiger partial charge on any atom is 0.258 e. The van der Waals surface area contributed by atoms with Crippen molar-refractivity contribution in [3.05, 3.63) is 57.8 Å². The Hall–Kier alpha value is -2.71. The number of carbonyl (C=O) groups excluding carboxylic acids is 1. The number of ether oxygens (including phenoxy) is 1. The summed E-state index contributed by atoms with van der Waals surface area (Å²) < 4.78 is 22.4. The van der Waals surface area contributed by atoms with Crippen molar-refractivity contribution in [3.8, 4) is 5.75 Å². The molecule has 36 heavy (non-hydrogen) atoms. The minimum atomic E-state index is -0.399. The number of rotatable bonds is 6. The molecule has 7 nitrogen and oxygen atoms in total. The molecule has 2 atom stereocenters. The van der Waals surface area contributed by atoms with Gasteiger partial charge in [0.2, 0.25) is 0 Å². The lowest BCUT2D eigenvalue weighted by atomic mass is 9.99. The van der Waals surface area contributed by atoms with Gasteiger partial charge in [0, 0.05) is 29.9 Å². The van der Waals surface area contributed by atoms with Crippen molar-refractivity contribution in [2.45, 2.75) is 83.6 Å². The van der Waals surface area contributed by atoms with Crippen molar-refractivity contribution in [1.82, 2.24) is 24.4 Å². The number of halogens is 2. The average molecular weight is 512 g/mol. The Morgan fingerprint density at radius 2 is 2.00 bits per heavy atom. The lowest BCUT2D eigenvalue weighted by molar-refractivity contribution is 0.0471. The Labute approximate surface area is 215 Å². The van der Waals surface area contributed by atoms with E-state index >= 15 is 0 Å². The summed E-state index contributed by atoms with van der Waals surface area (Å²) in [7, 11) is 0. The molecule has 2 fully saturated rings. The van der Waals surface area contributed by atoms with E-state index in [-0.39, 0.29) is 12.0 Å². The van der Waals surface area contributed by atoms with Crippen LogP contribution in [0.25, 0.3) is 5.65 Å². The fourth-order valence-electron chi connectivity index (χ4n) is 6.17. The number of amides is 1. The second-order valence-corrected chi connectivity index (χ2v) is 10.7. The third kappa shape index (κ3) is 4.04. The summed E-state index contributed by atoms with van der Waals surface area (Å²) in [5.74, 6) is -0.245. The van der Waals surface area contributed by atoms with Gasteiger partial charge in [0.25, 0.3) is 5.91 Å². The number of fused-ring (bicyclic) bond motifs is 5. The van der Waals surface area contributed by atoms with Crippen LogP contribution in [0.15, 0.2) is 24.4 Å². The summed E-state index contributed by atoms with van der Waals surface area (Å²) in [6.45, 7) is 6.02. The molecule has 1 aromatic carbocycles. The van der Waals surface area contributed by atoms with E-state index < -0.39 is 5.82 Å². The van der Waals surface area contributed by atoms with Crippen molar-refractivity contribution in [1.29, 1.82) is 0 Å². The number of hydrogen-bond acceptors (Lipinski definition) is 5. The van der Waals surface area contributed by atoms with Crippen LogP contribution in [-0.4, -0.2) is 55.0 Å². The summed E-state index contributed by atoms with van der Waals surface area (Å²) >= 11 is 6.20. The highest BCUT2D eigenvalue weighted by atomic mass is 35.5. The van der Waals surface area contributed by atoms with E-state index in [2.05, 4.69) is 21.9 Å². The van der Waals surface area contributed by atoms with E-state index in [0.29, 0.717) is 47.2 Å². The number of aromatic nitrogens is 3. The van der Waals surface area contributed by atoms with Crippen LogP contribution in [0.1, 0.15) is 72.8 Å². The molecule has 2 saturated heterocycles. The molecular formula is C27H31ClFN5O2. The molecule has 0 aliphatic carbocycles. The van der Waals surface area contributed by atoms with E-state index in [1.807, 2.05) is 6.92 Å². The fraction of sp³-hybridized carbons (Fsp3) is 0.519. The van der Waals surface area contributed by atoms with Crippen LogP contribution < -0.4 is 4.74 Å². The zero-order valence-corrected chi connectivity index (χ0v) is 21.5. The van der Waals surface area contributed by atoms with Gasteiger partial charge in [0.15, 0.2) is 5.65 Å². The van der Waals surface area contributed by atoms with E-state index in [1.54, 1.807) is 21.7 Å². The Kier molecular flexibility index (Phi) is 6.12. The topological polar surface area (TPSA) is 63.0 Å². The quantitative estimate of drug-likeness (QED) is 0.457. The third-order valence-corrected chi connectivity index (χ3v) is 8.43. The highest BCUT2D eigenvalue weighted by molar-refractivity contribution is 6.31. The number of aryl methyl sites for hydroxylation is 1. The first-order chi connectivity index (χ1) is 17.4. The number of unbranched alkanes of at least 4 members (excludes halogenated alkanes) is 1. The second kappa shape index (κ2) is 9.30. The summed E-state index contributed by atoms with van der Waals surface area (Å²) in [6.07, 6.45) is 8.24. The summed E-state index contributed by atoms with van der Waals surface area (Å²) in [4.78, 5) is 22.4. The molecule has 2 aromatic heterocycles. The van der Waals surface area contributed by atoms with Gasteiger partial charge in [-0.15, -0.1) is 0 Å². The molecule has 6 rings (SSSR count). The largest absolute Gasteiger partial charge is 0.489 e. The summed E-state index contributed by atoms with van der Waals surface area (Å²) in [6, 6.07) is 5.27. The lowest BCUT2D eigenvalue weighted by Crippen LogP contribution is -2.46. The summed E-state index contributed by atoms with van der Waals surface area (Å²) in [5.41, 5.74) is 3.65. The van der Waals surface area contributed by atoms with E-state index in [1.165, 1.54) is 37.8 Å². The third-order valence-electron chi connectivity index (χ3n) is 8.06. The highest BCUT2D eigenvalue weighted by Crippen LogP contribution is 2.38. The normalized spacial score (nSPS) is 23.4. The molecule has 0 radical (unpaired) electrons. The van der Waals surface area contributed by atoms with Gasteiger partial charge in [-0.1, -0.05) is 24.9 Å². The molecule has 5 heterocycles. The van der Waals surface area contributed by atoms with Crippen LogP contribution >= 0.6 is 11.6 Å². The van der Waals surface area contributed by atoms with Crippen LogP contribution in [0.3, 0.4) is 0 Å². The Balaban J connectivity index is 1.20. The minimum absolute atomic E-state index is 0.00867. The van der Waals surface area contributed by atoms with Crippen molar-refractivity contribution in [2.75, 3.05) is 6.54 Å². The van der Waals surface area contributed by atoms with Crippen molar-refractivity contribution in [3.63, 3.8) is 0 Å². The maximum atomic E-state index is 14.3. The van der Waals surface area contributed by atoms with Crippen molar-refractivity contribution >= 4 is 23.2 Å². The highest BCUT2D eigenvalue weighted by Gasteiger charge is 2.41. The van der Waals surface area contributed by atoms with Crippen LogP contribution in [0.4, 0.5) is 4.39 Å². The van der Waals surface area contributed by atoms with E-state index in [4.69, 9.17) is 16.3 Å². The minimum Gasteiger partial charge on any atom is -0.489 e. The molecule has 3 aliphatic heterocycles. The van der Waals surface area contributed by atoms with Crippen molar-refractivity contribution < 1.29 is 13.9 Å². The average Bonchev–Trinajstić information content (AvgIpc) is 3.49. The molecule has 3 aliphatic rings. The van der Waals surface area contributed by atoms with Crippen molar-refractivity contribution in [2.24, 2.45) is 0 Å². The predicted molar refractivity (Wildman–Crippen MR) is 135 cm³/mol. The molecule has 9 heteroatoms. The van der Waals surface area contributed by atoms with Gasteiger partial charge in [-0.05, 0) is 57.7 Å². The maximum absolute atomic E-state index is 14.3. The Morgan fingerprint density at radius 1 is 1.22 bits per heavy atom. The molecule has 190 valence electrons. The van der Waals surface area contributed by atoms with Gasteiger partial charge < -0.3 is 9.64 Å². The van der Waals surface area contributed by atoms with Crippen LogP contribution in [0.2, 0.25) is 5.02 Å². The zero-order valence-electron chi connectivity index (χ0n) is 20.7. The first kappa shape index (κ1) is 23.7. The van der Waals surface area contributed by atoms with E-state index in [9.17, 15) is 9.18 Å². The SMILES string of the molecule is CCCCN1C2CCC1CC(Oc1cc(F)ccc1C(=O)N1Cc3nn4c(C)c(Cl)cnc4c3C1)C2. The molecule has 2 bridgehead atoms. The monoisotopic (exact) mass is 511 g/mol. The molecule has 3 aromatic rings. The second-order valence-electron chi connectivity index (χ2n) is 10.3. The first-order valence-electron chi connectivity index (χ1n) is 13.0. The summed E-state index contributed by atoms with van der Waals surface area (Å²) in [5, 5.41) is 5.19. The fourth-order valence-corrected chi connectivity index (χ4v) is 6.30. The molecule has 0 N–H and O–H groups in total. The van der Waals surface area contributed by atoms with Gasteiger partial charge in [0.1, 0.15) is 17.7 Å². The van der Waals surface area contributed by atoms with Gasteiger partial charge in [-0.3, -0.25) is 9.69 Å². The van der Waals surface area contributed by atoms with Crippen LogP contribution in [-0.2, 0) is 13.1 Å². The Morgan fingerprint density at radius 3 is 2.75 bits per heavy atom. The Bertz CT molecular complexity index is 1310. The number of benzene rings is 1. The van der Waals surface area contributed by atoms with E-state index in [0.717, 1.165) is 36.3 Å². The lowest BCUT2D eigenvalue weighted by Gasteiger charge is -2.39. The number of hydrogen-bond donors (Lipinski definition) is 0. The molecular weight excluding hydrogens is 481 g/mol. The number of carbonyl (C=O) groups is 1. The molecule has 1 amide bonds. The van der Waals surface area contributed by atoms with Crippen LogP contribution in [0.5, 0.6) is 5.75 Å². The van der Waals surface area contributed by atoms with Gasteiger partial charge in [-0.2, -0.15) is 5.10 Å².